The largest absolute Gasteiger partial charge is 0.343 e. The van der Waals surface area contributed by atoms with Crippen LogP contribution in [0, 0.1) is 5.92 Å². The van der Waals surface area contributed by atoms with E-state index in [1.165, 1.54) is 69.2 Å². The zero-order chi connectivity index (χ0) is 50.4. The van der Waals surface area contributed by atoms with Crippen LogP contribution in [0.3, 0.4) is 0 Å². The van der Waals surface area contributed by atoms with Crippen LogP contribution in [0.5, 0.6) is 0 Å². The monoisotopic (exact) mass is 929 g/mol. The Hall–Kier alpha value is -7.23. The molecule has 1 aliphatic rings. The van der Waals surface area contributed by atoms with Crippen molar-refractivity contribution in [2.45, 2.75) is 129 Å². The average molecular weight is 930 g/mol. The van der Waals surface area contributed by atoms with E-state index in [2.05, 4.69) is 37.2 Å². The number of amides is 7. The first-order valence-corrected chi connectivity index (χ1v) is 22.6. The van der Waals surface area contributed by atoms with Crippen molar-refractivity contribution in [2.75, 3.05) is 0 Å². The fraction of sp³-hybridized carbons (Fsp3) is 0.404. The lowest BCUT2D eigenvalue weighted by atomic mass is 9.85. The van der Waals surface area contributed by atoms with Gasteiger partial charge in [0.2, 0.25) is 41.4 Å². The molecule has 0 aromatic heterocycles. The van der Waals surface area contributed by atoms with Crippen LogP contribution in [0.1, 0.15) is 103 Å². The molecular formula is C52H63N7O9. The Kier molecular flexibility index (Phi) is 15.8. The Bertz CT molecular complexity index is 2600. The third kappa shape index (κ3) is 13.0. The Balaban J connectivity index is 1.51. The maximum Gasteiger partial charge on any atom is 0.245 e. The van der Waals surface area contributed by atoms with Crippen LogP contribution in [-0.2, 0) is 51.2 Å². The Labute approximate surface area is 396 Å². The highest BCUT2D eigenvalue weighted by Gasteiger charge is 2.41. The molecule has 1 saturated heterocycles. The molecule has 5 rings (SSSR count). The minimum atomic E-state index is -1.67. The van der Waals surface area contributed by atoms with E-state index in [9.17, 15) is 43.2 Å². The minimum absolute atomic E-state index is 0.0704. The minimum Gasteiger partial charge on any atom is -0.343 e. The normalized spacial score (nSPS) is 23.0. The predicted octanol–water partition coefficient (Wildman–Crippen LogP) is 3.52. The van der Waals surface area contributed by atoms with Crippen LogP contribution < -0.4 is 37.2 Å². The lowest BCUT2D eigenvalue weighted by molar-refractivity contribution is -0.140. The second-order valence-electron chi connectivity index (χ2n) is 19.7. The maximum atomic E-state index is 14.4. The van der Waals surface area contributed by atoms with E-state index in [4.69, 9.17) is 0 Å². The third-order valence-electron chi connectivity index (χ3n) is 12.0. The van der Waals surface area contributed by atoms with Crippen molar-refractivity contribution in [3.05, 3.63) is 119 Å². The molecule has 4 aromatic rings. The molecule has 4 aromatic carbocycles. The Morgan fingerprint density at radius 2 is 0.912 bits per heavy atom. The molecule has 0 aliphatic carbocycles. The number of hydrogen-bond acceptors (Lipinski definition) is 9. The van der Waals surface area contributed by atoms with E-state index < -0.39 is 93.3 Å². The lowest BCUT2D eigenvalue weighted by Gasteiger charge is -2.33. The summed E-state index contributed by atoms with van der Waals surface area (Å²) in [5.74, 6) is -6.96. The Morgan fingerprint density at radius 1 is 0.471 bits per heavy atom. The fourth-order valence-electron chi connectivity index (χ4n) is 7.48. The van der Waals surface area contributed by atoms with Crippen molar-refractivity contribution in [3.8, 4) is 0 Å². The second-order valence-corrected chi connectivity index (χ2v) is 19.7. The summed E-state index contributed by atoms with van der Waals surface area (Å²) in [5, 5.41) is 20.5. The Morgan fingerprint density at radius 3 is 1.46 bits per heavy atom. The van der Waals surface area contributed by atoms with Crippen molar-refractivity contribution in [3.63, 3.8) is 0 Å². The molecule has 7 amide bonds. The van der Waals surface area contributed by atoms with Crippen LogP contribution in [0.2, 0.25) is 0 Å². The second kappa shape index (κ2) is 20.7. The molecule has 1 aliphatic heterocycles. The van der Waals surface area contributed by atoms with Crippen LogP contribution in [0.4, 0.5) is 0 Å². The zero-order valence-electron chi connectivity index (χ0n) is 40.3. The topological polar surface area (TPSA) is 238 Å². The highest BCUT2D eigenvalue weighted by Crippen LogP contribution is 2.23. The predicted molar refractivity (Wildman–Crippen MR) is 257 cm³/mol. The molecular weight excluding hydrogens is 867 g/mol. The van der Waals surface area contributed by atoms with Gasteiger partial charge in [-0.3, -0.25) is 43.2 Å². The van der Waals surface area contributed by atoms with Gasteiger partial charge in [0.05, 0.1) is 5.54 Å². The number of rotatable bonds is 6. The van der Waals surface area contributed by atoms with Gasteiger partial charge in [0.1, 0.15) is 34.7 Å². The van der Waals surface area contributed by atoms with E-state index in [-0.39, 0.29) is 25.0 Å². The van der Waals surface area contributed by atoms with Crippen molar-refractivity contribution in [2.24, 2.45) is 5.92 Å². The van der Waals surface area contributed by atoms with Gasteiger partial charge < -0.3 is 37.2 Å². The van der Waals surface area contributed by atoms with Crippen LogP contribution in [0.25, 0.3) is 10.8 Å². The van der Waals surface area contributed by atoms with E-state index >= 15 is 0 Å². The maximum absolute atomic E-state index is 14.4. The molecule has 7 N–H and O–H groups in total. The molecule has 360 valence electrons. The van der Waals surface area contributed by atoms with Gasteiger partial charge in [-0.2, -0.15) is 0 Å². The first kappa shape index (κ1) is 51.7. The molecule has 0 saturated carbocycles. The summed E-state index contributed by atoms with van der Waals surface area (Å²) < 4.78 is 0. The van der Waals surface area contributed by atoms with Crippen molar-refractivity contribution < 1.29 is 43.2 Å². The van der Waals surface area contributed by atoms with Crippen LogP contribution >= 0.6 is 0 Å². The highest BCUT2D eigenvalue weighted by atomic mass is 16.2. The number of Topliss-reactive ketones (excluding diaryl/α,β-unsaturated/α-hetero) is 1. The van der Waals surface area contributed by atoms with Crippen molar-refractivity contribution in [1.82, 2.24) is 37.2 Å². The van der Waals surface area contributed by atoms with Crippen molar-refractivity contribution in [1.29, 1.82) is 0 Å². The summed E-state index contributed by atoms with van der Waals surface area (Å²) in [4.78, 5) is 125. The van der Waals surface area contributed by atoms with Gasteiger partial charge in [0.15, 0.2) is 11.6 Å². The average Bonchev–Trinajstić information content (AvgIpc) is 3.27. The molecule has 0 bridgehead atoms. The zero-order valence-corrected chi connectivity index (χ0v) is 40.3. The number of nitrogens with one attached hydrogen (secondary N) is 7. The van der Waals surface area contributed by atoms with Crippen LogP contribution in [-0.4, -0.2) is 93.2 Å². The van der Waals surface area contributed by atoms with E-state index in [1.807, 2.05) is 42.5 Å². The number of carbonyl (C=O) groups excluding carboxylic acids is 9. The standard InChI is InChI=1S/C52H63N7O9/c1-30-42(62)56-50(5,6)46(66)53-31(2)43(63)57-52(9,10)48(68)55-39(28-32-20-24-36(25-21-32)41(61)35-17-12-11-13-18-35)45(65)59-49(3,4)40(60)29-38(44(64)58-51(7,8)47(67)54-30)27-33-22-23-34-16-14-15-19-37(34)26-33/h11-26,30-31,38-39H,27-29H2,1-10H3,(H,53,66)(H,54,67)(H,55,68)(H,56,62)(H,57,63)(H,58,64)(H,59,65)/t30?,31-,38?,39?/m1/s1. The van der Waals surface area contributed by atoms with Gasteiger partial charge in [-0.25, -0.2) is 0 Å². The molecule has 4 atom stereocenters. The first-order valence-electron chi connectivity index (χ1n) is 22.6. The molecule has 68 heavy (non-hydrogen) atoms. The summed E-state index contributed by atoms with van der Waals surface area (Å²) in [6.07, 6.45) is -0.423. The highest BCUT2D eigenvalue weighted by molar-refractivity contribution is 6.09. The molecule has 16 nitrogen and oxygen atoms in total. The van der Waals surface area contributed by atoms with Gasteiger partial charge >= 0.3 is 0 Å². The van der Waals surface area contributed by atoms with Crippen molar-refractivity contribution >= 4 is 63.7 Å². The number of fused-ring (bicyclic) bond motifs is 1. The molecule has 1 heterocycles. The quantitative estimate of drug-likeness (QED) is 0.140. The van der Waals surface area contributed by atoms with Gasteiger partial charge in [-0.05, 0) is 97.6 Å². The van der Waals surface area contributed by atoms with Gasteiger partial charge in [-0.15, -0.1) is 0 Å². The van der Waals surface area contributed by atoms with Gasteiger partial charge in [-0.1, -0.05) is 97.1 Å². The molecule has 1 fully saturated rings. The molecule has 16 heteroatoms. The van der Waals surface area contributed by atoms with Crippen LogP contribution in [0.15, 0.2) is 97.1 Å². The number of carbonyl (C=O) groups is 9. The SMILES string of the molecule is CC1NC(=O)C(C)(C)NC(=O)C(Cc2ccc3ccccc3c2)CC(=O)C(C)(C)NC(=O)C(Cc2ccc(C(=O)c3ccccc3)cc2)NC(=O)C(C)(C)NC(=O)[C@@H](C)NC(=O)C(C)(C)NC1=O. The lowest BCUT2D eigenvalue weighted by Crippen LogP contribution is -2.65. The van der Waals surface area contributed by atoms with Gasteiger partial charge in [0.25, 0.3) is 0 Å². The summed E-state index contributed by atoms with van der Waals surface area (Å²) in [6, 6.07) is 24.8. The number of ketones is 2. The summed E-state index contributed by atoms with van der Waals surface area (Å²) in [6.45, 7) is 14.3. The fourth-order valence-corrected chi connectivity index (χ4v) is 7.48. The van der Waals surface area contributed by atoms with E-state index in [0.29, 0.717) is 16.7 Å². The molecule has 3 unspecified atom stereocenters. The summed E-state index contributed by atoms with van der Waals surface area (Å²) >= 11 is 0. The van der Waals surface area contributed by atoms with E-state index in [0.717, 1.165) is 16.3 Å². The summed E-state index contributed by atoms with van der Waals surface area (Å²) in [7, 11) is 0. The van der Waals surface area contributed by atoms with E-state index in [1.54, 1.807) is 54.6 Å². The summed E-state index contributed by atoms with van der Waals surface area (Å²) in [5.41, 5.74) is -4.35. The molecule has 0 spiro atoms. The number of benzene rings is 4. The molecule has 0 radical (unpaired) electrons. The smallest absolute Gasteiger partial charge is 0.245 e. The van der Waals surface area contributed by atoms with Gasteiger partial charge in [0, 0.05) is 29.9 Å². The third-order valence-corrected chi connectivity index (χ3v) is 12.0. The first-order chi connectivity index (χ1) is 31.7. The number of hydrogen-bond donors (Lipinski definition) is 7.